The number of hydrogen-bond donors (Lipinski definition) is 0. The van der Waals surface area contributed by atoms with E-state index in [-0.39, 0.29) is 22.2 Å². The number of carbonyl (C=O) groups excluding carboxylic acids is 1. The fraction of sp³-hybridized carbons (Fsp3) is 0.0833. The Morgan fingerprint density at radius 3 is 2.22 bits per heavy atom. The van der Waals surface area contributed by atoms with Gasteiger partial charge in [0.15, 0.2) is 5.70 Å². The Balaban J connectivity index is 1.49. The van der Waals surface area contributed by atoms with E-state index >= 15 is 0 Å². The Hall–Kier alpha value is -3.91. The van der Waals surface area contributed by atoms with Crippen LogP contribution in [0.5, 0.6) is 11.5 Å². The molecule has 3 aromatic carbocycles. The fourth-order valence-electron chi connectivity index (χ4n) is 2.93. The Bertz CT molecular complexity index is 1280. The van der Waals surface area contributed by atoms with E-state index in [1.165, 1.54) is 24.3 Å². The maximum Gasteiger partial charge on any atom is 0.363 e. The summed E-state index contributed by atoms with van der Waals surface area (Å²) in [6.07, 6.45) is 1.55. The Labute approximate surface area is 185 Å². The molecule has 1 aliphatic heterocycles. The molecule has 0 radical (unpaired) electrons. The van der Waals surface area contributed by atoms with Crippen LogP contribution in [0.2, 0.25) is 0 Å². The molecule has 7 nitrogen and oxygen atoms in total. The van der Waals surface area contributed by atoms with Crippen molar-refractivity contribution in [3.63, 3.8) is 0 Å². The Kier molecular flexibility index (Phi) is 6.04. The number of aliphatic imine (C=N–C) groups is 1. The van der Waals surface area contributed by atoms with Crippen LogP contribution in [0.15, 0.2) is 94.4 Å². The minimum atomic E-state index is -3.92. The van der Waals surface area contributed by atoms with Crippen LogP contribution in [0.25, 0.3) is 6.08 Å². The molecule has 0 N–H and O–H groups in total. The average Bonchev–Trinajstić information content (AvgIpc) is 3.16. The van der Waals surface area contributed by atoms with Crippen LogP contribution in [0.3, 0.4) is 0 Å². The molecule has 8 heteroatoms. The van der Waals surface area contributed by atoms with Crippen LogP contribution in [0.1, 0.15) is 18.1 Å². The lowest BCUT2D eigenvalue weighted by Gasteiger charge is -2.07. The quantitative estimate of drug-likeness (QED) is 0.305. The zero-order valence-electron chi connectivity index (χ0n) is 17.1. The van der Waals surface area contributed by atoms with Gasteiger partial charge in [0.25, 0.3) is 0 Å². The number of benzene rings is 3. The van der Waals surface area contributed by atoms with Gasteiger partial charge in [-0.25, -0.2) is 9.79 Å². The maximum atomic E-state index is 12.3. The first kappa shape index (κ1) is 21.3. The standard InChI is InChI=1S/C24H19NO6S/c1-2-29-19-14-10-18(11-15-19)23-25-22(24(26)30-23)16-17-8-12-20(13-9-17)31-32(27,28)21-6-4-3-5-7-21/h3-16H,2H2,1H3/b22-16-. The SMILES string of the molecule is CCOc1ccc(C2=N/C(=C\c3ccc(OS(=O)(=O)c4ccccc4)cc3)C(=O)O2)cc1. The number of hydrogen-bond acceptors (Lipinski definition) is 7. The second-order valence-corrected chi connectivity index (χ2v) is 8.26. The third-order valence-electron chi connectivity index (χ3n) is 4.45. The third-order valence-corrected chi connectivity index (χ3v) is 5.72. The van der Waals surface area contributed by atoms with E-state index < -0.39 is 16.1 Å². The van der Waals surface area contributed by atoms with Crippen molar-refractivity contribution < 1.29 is 26.9 Å². The molecule has 1 aliphatic rings. The highest BCUT2D eigenvalue weighted by Gasteiger charge is 2.24. The average molecular weight is 449 g/mol. The molecule has 0 aromatic heterocycles. The highest BCUT2D eigenvalue weighted by Crippen LogP contribution is 2.23. The largest absolute Gasteiger partial charge is 0.494 e. The summed E-state index contributed by atoms with van der Waals surface area (Å²) in [7, 11) is -3.92. The zero-order valence-corrected chi connectivity index (χ0v) is 17.9. The summed E-state index contributed by atoms with van der Waals surface area (Å²) in [5, 5.41) is 0. The lowest BCUT2D eigenvalue weighted by molar-refractivity contribution is -0.129. The van der Waals surface area contributed by atoms with E-state index in [1.807, 2.05) is 6.92 Å². The van der Waals surface area contributed by atoms with Crippen molar-refractivity contribution in [1.29, 1.82) is 0 Å². The van der Waals surface area contributed by atoms with Crippen molar-refractivity contribution >= 4 is 28.1 Å². The second-order valence-electron chi connectivity index (χ2n) is 6.71. The molecule has 0 atom stereocenters. The summed E-state index contributed by atoms with van der Waals surface area (Å²) in [6.45, 7) is 2.46. The topological polar surface area (TPSA) is 91.3 Å². The molecule has 0 saturated heterocycles. The molecule has 0 amide bonds. The number of cyclic esters (lactones) is 1. The van der Waals surface area contributed by atoms with E-state index in [0.717, 1.165) is 0 Å². The van der Waals surface area contributed by atoms with Crippen LogP contribution in [0, 0.1) is 0 Å². The van der Waals surface area contributed by atoms with Gasteiger partial charge < -0.3 is 13.7 Å². The predicted molar refractivity (Wildman–Crippen MR) is 119 cm³/mol. The van der Waals surface area contributed by atoms with E-state index in [9.17, 15) is 13.2 Å². The fourth-order valence-corrected chi connectivity index (χ4v) is 3.88. The first-order valence-corrected chi connectivity index (χ1v) is 11.2. The molecule has 0 unspecified atom stereocenters. The number of nitrogens with zero attached hydrogens (tertiary/aromatic N) is 1. The molecular weight excluding hydrogens is 430 g/mol. The molecule has 0 saturated carbocycles. The summed E-state index contributed by atoms with van der Waals surface area (Å²) >= 11 is 0. The van der Waals surface area contributed by atoms with Gasteiger partial charge in [-0.2, -0.15) is 8.42 Å². The van der Waals surface area contributed by atoms with Crippen molar-refractivity contribution in [2.45, 2.75) is 11.8 Å². The highest BCUT2D eigenvalue weighted by molar-refractivity contribution is 7.87. The first-order valence-electron chi connectivity index (χ1n) is 9.80. The van der Waals surface area contributed by atoms with Crippen molar-refractivity contribution in [1.82, 2.24) is 0 Å². The molecule has 4 rings (SSSR count). The van der Waals surface area contributed by atoms with Crippen LogP contribution >= 0.6 is 0 Å². The molecule has 1 heterocycles. The maximum absolute atomic E-state index is 12.3. The molecule has 0 bridgehead atoms. The van der Waals surface area contributed by atoms with Gasteiger partial charge in [0.05, 0.1) is 6.61 Å². The molecule has 162 valence electrons. The number of carbonyl (C=O) groups is 1. The van der Waals surface area contributed by atoms with Gasteiger partial charge in [0.1, 0.15) is 16.4 Å². The number of rotatable bonds is 7. The lowest BCUT2D eigenvalue weighted by Crippen LogP contribution is -2.09. The summed E-state index contributed by atoms with van der Waals surface area (Å²) in [5.41, 5.74) is 1.43. The van der Waals surface area contributed by atoms with Crippen LogP contribution in [-0.2, 0) is 19.6 Å². The van der Waals surface area contributed by atoms with E-state index in [1.54, 1.807) is 60.7 Å². The lowest BCUT2D eigenvalue weighted by atomic mass is 10.2. The van der Waals surface area contributed by atoms with Crippen molar-refractivity contribution in [2.24, 2.45) is 4.99 Å². The first-order chi connectivity index (χ1) is 15.4. The normalized spacial score (nSPS) is 14.7. The third kappa shape index (κ3) is 4.87. The second kappa shape index (κ2) is 9.07. The van der Waals surface area contributed by atoms with Gasteiger partial charge in [0.2, 0.25) is 5.90 Å². The highest BCUT2D eigenvalue weighted by atomic mass is 32.2. The van der Waals surface area contributed by atoms with Crippen molar-refractivity contribution in [2.75, 3.05) is 6.61 Å². The molecular formula is C24H19NO6S. The van der Waals surface area contributed by atoms with E-state index in [2.05, 4.69) is 4.99 Å². The summed E-state index contributed by atoms with van der Waals surface area (Å²) < 4.78 is 40.5. The van der Waals surface area contributed by atoms with Crippen molar-refractivity contribution in [3.05, 3.63) is 95.7 Å². The molecule has 3 aromatic rings. The van der Waals surface area contributed by atoms with Gasteiger partial charge in [-0.3, -0.25) is 0 Å². The molecule has 32 heavy (non-hydrogen) atoms. The van der Waals surface area contributed by atoms with Gasteiger partial charge in [0, 0.05) is 5.56 Å². The molecule has 0 fully saturated rings. The van der Waals surface area contributed by atoms with Crippen LogP contribution in [0.4, 0.5) is 0 Å². The number of ether oxygens (including phenoxy) is 2. The Morgan fingerprint density at radius 2 is 1.56 bits per heavy atom. The van der Waals surface area contributed by atoms with Gasteiger partial charge in [-0.15, -0.1) is 0 Å². The van der Waals surface area contributed by atoms with Gasteiger partial charge in [-0.05, 0) is 67.1 Å². The predicted octanol–water partition coefficient (Wildman–Crippen LogP) is 4.20. The van der Waals surface area contributed by atoms with Gasteiger partial charge >= 0.3 is 16.1 Å². The zero-order chi connectivity index (χ0) is 22.6. The minimum Gasteiger partial charge on any atom is -0.494 e. The van der Waals surface area contributed by atoms with Crippen molar-refractivity contribution in [3.8, 4) is 11.5 Å². The van der Waals surface area contributed by atoms with Crippen LogP contribution in [-0.4, -0.2) is 26.9 Å². The summed E-state index contributed by atoms with van der Waals surface area (Å²) in [4.78, 5) is 16.5. The summed E-state index contributed by atoms with van der Waals surface area (Å²) in [6, 6.07) is 21.2. The number of esters is 1. The van der Waals surface area contributed by atoms with E-state index in [0.29, 0.717) is 23.5 Å². The minimum absolute atomic E-state index is 0.0658. The molecule has 0 aliphatic carbocycles. The van der Waals surface area contributed by atoms with Crippen LogP contribution < -0.4 is 8.92 Å². The molecule has 0 spiro atoms. The smallest absolute Gasteiger partial charge is 0.363 e. The van der Waals surface area contributed by atoms with E-state index in [4.69, 9.17) is 13.7 Å². The van der Waals surface area contributed by atoms with Gasteiger partial charge in [-0.1, -0.05) is 30.3 Å². The Morgan fingerprint density at radius 1 is 0.906 bits per heavy atom. The monoisotopic (exact) mass is 449 g/mol. The summed E-state index contributed by atoms with van der Waals surface area (Å²) in [5.74, 6) is 0.510.